The normalized spacial score (nSPS) is 14.6. The van der Waals surface area contributed by atoms with E-state index in [-0.39, 0.29) is 5.91 Å². The third-order valence-electron chi connectivity index (χ3n) is 7.37. The number of nitrogens with zero attached hydrogens (tertiary/aromatic N) is 4. The minimum Gasteiger partial charge on any atom is -0.457 e. The van der Waals surface area contributed by atoms with Crippen molar-refractivity contribution in [2.45, 2.75) is 19.0 Å². The Hall–Kier alpha value is -4.49. The highest BCUT2D eigenvalue weighted by molar-refractivity contribution is 7.16. The van der Waals surface area contributed by atoms with Crippen molar-refractivity contribution in [3.63, 3.8) is 0 Å². The van der Waals surface area contributed by atoms with Gasteiger partial charge in [-0.25, -0.2) is 4.98 Å². The molecular formula is C32H30N6O2S. The molecule has 9 heteroatoms. The first-order valence-electron chi connectivity index (χ1n) is 13.6. The van der Waals surface area contributed by atoms with E-state index in [0.29, 0.717) is 41.5 Å². The quantitative estimate of drug-likeness (QED) is 0.270. The molecule has 1 saturated heterocycles. The summed E-state index contributed by atoms with van der Waals surface area (Å²) >= 11 is 1.43. The predicted molar refractivity (Wildman–Crippen MR) is 161 cm³/mol. The van der Waals surface area contributed by atoms with Crippen LogP contribution in [0.1, 0.15) is 16.0 Å². The largest absolute Gasteiger partial charge is 0.457 e. The number of amides is 1. The van der Waals surface area contributed by atoms with E-state index >= 15 is 0 Å². The Labute approximate surface area is 242 Å². The molecule has 8 nitrogen and oxygen atoms in total. The number of nitrogens with one attached hydrogen (secondary N) is 1. The Bertz CT molecular complexity index is 1680. The fourth-order valence-electron chi connectivity index (χ4n) is 5.21. The number of hydrogen-bond acceptors (Lipinski definition) is 7. The SMILES string of the molecule is N#Cc1ccc(-c2c[nH]c3nccc(Oc4ccc(C[C@H](N)C(=O)N5CCN(Cc6ccccc6)CC5)cc4)c23)s1. The number of nitriles is 1. The Balaban J connectivity index is 1.07. The van der Waals surface area contributed by atoms with Gasteiger partial charge >= 0.3 is 0 Å². The number of benzene rings is 2. The number of aromatic amines is 1. The van der Waals surface area contributed by atoms with Gasteiger partial charge in [-0.1, -0.05) is 42.5 Å². The van der Waals surface area contributed by atoms with E-state index in [1.807, 2.05) is 59.6 Å². The van der Waals surface area contributed by atoms with Crippen LogP contribution in [-0.2, 0) is 17.8 Å². The van der Waals surface area contributed by atoms with Gasteiger partial charge in [0.25, 0.3) is 0 Å². The highest BCUT2D eigenvalue weighted by atomic mass is 32.1. The molecule has 0 spiro atoms. The molecule has 1 fully saturated rings. The lowest BCUT2D eigenvalue weighted by molar-refractivity contribution is -0.134. The second-order valence-corrected chi connectivity index (χ2v) is 11.2. The number of aromatic nitrogens is 2. The van der Waals surface area contributed by atoms with Gasteiger partial charge in [0.05, 0.1) is 11.4 Å². The van der Waals surface area contributed by atoms with Crippen LogP contribution in [0, 0.1) is 11.3 Å². The number of H-pyrrole nitrogens is 1. The molecule has 5 aromatic rings. The molecule has 2 aromatic carbocycles. The Kier molecular flexibility index (Phi) is 7.78. The molecule has 206 valence electrons. The fourth-order valence-corrected chi connectivity index (χ4v) is 6.04. The molecule has 1 amide bonds. The topological polar surface area (TPSA) is 111 Å². The smallest absolute Gasteiger partial charge is 0.239 e. The number of nitrogens with two attached hydrogens (primary N) is 1. The summed E-state index contributed by atoms with van der Waals surface area (Å²) in [6.45, 7) is 3.97. The number of hydrogen-bond donors (Lipinski definition) is 2. The zero-order valence-electron chi connectivity index (χ0n) is 22.5. The molecule has 3 aromatic heterocycles. The third kappa shape index (κ3) is 6.00. The van der Waals surface area contributed by atoms with Crippen molar-refractivity contribution < 1.29 is 9.53 Å². The van der Waals surface area contributed by atoms with Crippen LogP contribution in [0.2, 0.25) is 0 Å². The van der Waals surface area contributed by atoms with Crippen molar-refractivity contribution in [2.24, 2.45) is 5.73 Å². The summed E-state index contributed by atoms with van der Waals surface area (Å²) in [5.41, 5.74) is 10.3. The summed E-state index contributed by atoms with van der Waals surface area (Å²) in [7, 11) is 0. The first-order valence-corrected chi connectivity index (χ1v) is 14.4. The molecule has 1 atom stereocenters. The van der Waals surface area contributed by atoms with E-state index in [9.17, 15) is 10.1 Å². The predicted octanol–water partition coefficient (Wildman–Crippen LogP) is 5.17. The maximum Gasteiger partial charge on any atom is 0.239 e. The highest BCUT2D eigenvalue weighted by Gasteiger charge is 2.25. The average molecular weight is 563 g/mol. The minimum atomic E-state index is -0.589. The number of carbonyl (C=O) groups is 1. The van der Waals surface area contributed by atoms with Crippen LogP contribution in [0.25, 0.3) is 21.5 Å². The molecule has 1 aliphatic rings. The Morgan fingerprint density at radius 1 is 1.02 bits per heavy atom. The Morgan fingerprint density at radius 3 is 2.54 bits per heavy atom. The third-order valence-corrected chi connectivity index (χ3v) is 8.40. The van der Waals surface area contributed by atoms with Crippen molar-refractivity contribution >= 4 is 28.3 Å². The molecule has 0 bridgehead atoms. The number of ether oxygens (including phenoxy) is 1. The van der Waals surface area contributed by atoms with Gasteiger partial charge in [-0.05, 0) is 47.9 Å². The zero-order valence-corrected chi connectivity index (χ0v) is 23.3. The van der Waals surface area contributed by atoms with E-state index < -0.39 is 6.04 Å². The van der Waals surface area contributed by atoms with E-state index in [1.54, 1.807) is 6.20 Å². The second-order valence-electron chi connectivity index (χ2n) is 10.2. The summed E-state index contributed by atoms with van der Waals surface area (Å²) in [6, 6.07) is 25.3. The molecule has 0 aliphatic carbocycles. The summed E-state index contributed by atoms with van der Waals surface area (Å²) in [5.74, 6) is 1.34. The maximum atomic E-state index is 13.1. The molecule has 0 radical (unpaired) electrons. The minimum absolute atomic E-state index is 0.00279. The van der Waals surface area contributed by atoms with Crippen molar-refractivity contribution in [1.29, 1.82) is 5.26 Å². The van der Waals surface area contributed by atoms with Crippen molar-refractivity contribution in [1.82, 2.24) is 19.8 Å². The number of rotatable bonds is 8. The summed E-state index contributed by atoms with van der Waals surface area (Å²) in [6.07, 6.45) is 4.06. The average Bonchev–Trinajstić information content (AvgIpc) is 3.66. The van der Waals surface area contributed by atoms with Crippen LogP contribution in [0.5, 0.6) is 11.5 Å². The van der Waals surface area contributed by atoms with E-state index in [2.05, 4.69) is 45.2 Å². The molecule has 4 heterocycles. The van der Waals surface area contributed by atoms with E-state index in [1.165, 1.54) is 16.9 Å². The van der Waals surface area contributed by atoms with Gasteiger partial charge in [0.2, 0.25) is 5.91 Å². The first-order chi connectivity index (χ1) is 20.1. The number of fused-ring (bicyclic) bond motifs is 1. The van der Waals surface area contributed by atoms with E-state index in [0.717, 1.165) is 41.0 Å². The fraction of sp³-hybridized carbons (Fsp3) is 0.219. The molecule has 6 rings (SSSR count). The van der Waals surface area contributed by atoms with Gasteiger partial charge in [-0.3, -0.25) is 9.69 Å². The number of pyridine rings is 1. The van der Waals surface area contributed by atoms with Gasteiger partial charge in [0, 0.05) is 55.6 Å². The van der Waals surface area contributed by atoms with Crippen LogP contribution < -0.4 is 10.5 Å². The van der Waals surface area contributed by atoms with Gasteiger partial charge in [0.15, 0.2) is 0 Å². The standard InChI is InChI=1S/C32H30N6O2S/c33-19-25-10-11-29(41-25)26-20-36-31-30(26)28(12-13-35-31)40-24-8-6-22(7-9-24)18-27(34)32(39)38-16-14-37(15-17-38)21-23-4-2-1-3-5-23/h1-13,20,27H,14-18,21,34H2,(H,35,36)/t27-/m0/s1. The van der Waals surface area contributed by atoms with Crippen molar-refractivity contribution in [3.05, 3.63) is 101 Å². The summed E-state index contributed by atoms with van der Waals surface area (Å²) in [5, 5.41) is 10.1. The first kappa shape index (κ1) is 26.7. The van der Waals surface area contributed by atoms with Gasteiger partial charge < -0.3 is 20.4 Å². The highest BCUT2D eigenvalue weighted by Crippen LogP contribution is 2.39. The van der Waals surface area contributed by atoms with Crippen LogP contribution in [-0.4, -0.2) is 57.9 Å². The molecule has 41 heavy (non-hydrogen) atoms. The van der Waals surface area contributed by atoms with Crippen LogP contribution in [0.15, 0.2) is 85.2 Å². The second kappa shape index (κ2) is 11.9. The monoisotopic (exact) mass is 562 g/mol. The molecule has 3 N–H and O–H groups in total. The van der Waals surface area contributed by atoms with Crippen molar-refractivity contribution in [2.75, 3.05) is 26.2 Å². The summed E-state index contributed by atoms with van der Waals surface area (Å²) in [4.78, 5) is 26.6. The van der Waals surface area contributed by atoms with Crippen LogP contribution >= 0.6 is 11.3 Å². The van der Waals surface area contributed by atoms with Crippen LogP contribution in [0.4, 0.5) is 0 Å². The van der Waals surface area contributed by atoms with Crippen LogP contribution in [0.3, 0.4) is 0 Å². The van der Waals surface area contributed by atoms with Gasteiger partial charge in [-0.2, -0.15) is 5.26 Å². The zero-order chi connectivity index (χ0) is 28.2. The number of piperazine rings is 1. The number of carbonyl (C=O) groups excluding carboxylic acids is 1. The summed E-state index contributed by atoms with van der Waals surface area (Å²) < 4.78 is 6.27. The van der Waals surface area contributed by atoms with Gasteiger partial charge in [-0.15, -0.1) is 11.3 Å². The van der Waals surface area contributed by atoms with Crippen molar-refractivity contribution in [3.8, 4) is 28.0 Å². The Morgan fingerprint density at radius 2 is 1.80 bits per heavy atom. The van der Waals surface area contributed by atoms with Gasteiger partial charge in [0.1, 0.15) is 28.1 Å². The molecule has 1 aliphatic heterocycles. The lowest BCUT2D eigenvalue weighted by Gasteiger charge is -2.36. The lowest BCUT2D eigenvalue weighted by atomic mass is 10.0. The molecule has 0 saturated carbocycles. The van der Waals surface area contributed by atoms with E-state index in [4.69, 9.17) is 10.5 Å². The maximum absolute atomic E-state index is 13.1. The lowest BCUT2D eigenvalue weighted by Crippen LogP contribution is -2.53. The molecular weight excluding hydrogens is 532 g/mol. The number of thiophene rings is 1. The molecule has 0 unspecified atom stereocenters.